The largest absolute Gasteiger partial charge is 0.467 e. The van der Waals surface area contributed by atoms with E-state index >= 15 is 0 Å². The second-order valence-electron chi connectivity index (χ2n) is 8.52. The summed E-state index contributed by atoms with van der Waals surface area (Å²) in [6, 6.07) is 0. The zero-order valence-corrected chi connectivity index (χ0v) is 18.4. The van der Waals surface area contributed by atoms with Crippen LogP contribution in [-0.4, -0.2) is 14.7 Å². The summed E-state index contributed by atoms with van der Waals surface area (Å²) in [6.07, 6.45) is 10.4. The summed E-state index contributed by atoms with van der Waals surface area (Å²) in [6.45, 7) is 8.56. The summed E-state index contributed by atoms with van der Waals surface area (Å²) < 4.78 is 35.0. The van der Waals surface area contributed by atoms with Gasteiger partial charge >= 0.3 is 10.1 Å². The molecular weight excluding hydrogens is 376 g/mol. The molecule has 3 aliphatic carbocycles. The lowest BCUT2D eigenvalue weighted by atomic mass is 9.79. The predicted molar refractivity (Wildman–Crippen MR) is 109 cm³/mol. The molecule has 3 rings (SSSR count). The first-order valence-corrected chi connectivity index (χ1v) is 12.1. The van der Waals surface area contributed by atoms with E-state index in [0.717, 1.165) is 44.3 Å². The van der Waals surface area contributed by atoms with Crippen LogP contribution < -0.4 is 0 Å². The van der Waals surface area contributed by atoms with Crippen LogP contribution in [-0.2, 0) is 24.1 Å². The van der Waals surface area contributed by atoms with Gasteiger partial charge < -0.3 is 4.74 Å². The van der Waals surface area contributed by atoms with Gasteiger partial charge in [-0.3, -0.25) is 0 Å². The van der Waals surface area contributed by atoms with E-state index in [0.29, 0.717) is 29.1 Å². The highest BCUT2D eigenvalue weighted by molar-refractivity contribution is 7.90. The van der Waals surface area contributed by atoms with Crippen LogP contribution in [0.15, 0.2) is 34.0 Å². The van der Waals surface area contributed by atoms with Gasteiger partial charge in [0.25, 0.3) is 0 Å². The number of allylic oxidation sites excluding steroid dienone is 6. The molecule has 0 spiro atoms. The number of hydrogen-bond donors (Lipinski definition) is 0. The maximum atomic E-state index is 12.2. The molecule has 0 radical (unpaired) electrons. The normalized spacial score (nSPS) is 26.8. The standard InChI is InChI=1S/C22H34O5S/c1-5-17-13-18-14-19(11-12-21(18)22(17)15(2)3)25-16(4)26-27-28(23,24)20-9-7-6-8-10-20/h9,14-17,22H,5-8,10-13H2,1-4H3. The topological polar surface area (TPSA) is 61.8 Å². The minimum Gasteiger partial charge on any atom is -0.467 e. The molecule has 3 aliphatic rings. The lowest BCUT2D eigenvalue weighted by molar-refractivity contribution is -0.300. The second-order valence-corrected chi connectivity index (χ2v) is 10.1. The van der Waals surface area contributed by atoms with Crippen LogP contribution in [0.1, 0.15) is 79.1 Å². The predicted octanol–water partition coefficient (Wildman–Crippen LogP) is 5.76. The van der Waals surface area contributed by atoms with Crippen LogP contribution in [0.25, 0.3) is 0 Å². The molecule has 0 bridgehead atoms. The molecule has 6 heteroatoms. The fraction of sp³-hybridized carbons (Fsp3) is 0.727. The average Bonchev–Trinajstić information content (AvgIpc) is 3.05. The van der Waals surface area contributed by atoms with Crippen molar-refractivity contribution in [3.05, 3.63) is 34.0 Å². The summed E-state index contributed by atoms with van der Waals surface area (Å²) in [7, 11) is -3.83. The summed E-state index contributed by atoms with van der Waals surface area (Å²) >= 11 is 0. The van der Waals surface area contributed by atoms with Crippen LogP contribution >= 0.6 is 0 Å². The summed E-state index contributed by atoms with van der Waals surface area (Å²) in [4.78, 5) is 5.38. The van der Waals surface area contributed by atoms with Crippen LogP contribution in [0, 0.1) is 17.8 Å². The molecular formula is C22H34O5S. The van der Waals surface area contributed by atoms with Gasteiger partial charge in [-0.05, 0) is 67.9 Å². The van der Waals surface area contributed by atoms with E-state index in [1.165, 1.54) is 12.0 Å². The first kappa shape index (κ1) is 21.6. The molecule has 0 saturated carbocycles. The third kappa shape index (κ3) is 4.89. The van der Waals surface area contributed by atoms with Crippen molar-refractivity contribution in [3.63, 3.8) is 0 Å². The number of hydrogen-bond acceptors (Lipinski definition) is 5. The van der Waals surface area contributed by atoms with Gasteiger partial charge in [0.2, 0.25) is 6.29 Å². The highest BCUT2D eigenvalue weighted by atomic mass is 32.2. The van der Waals surface area contributed by atoms with Gasteiger partial charge in [-0.1, -0.05) is 43.2 Å². The Bertz CT molecular complexity index is 760. The Kier molecular flexibility index (Phi) is 7.05. The first-order chi connectivity index (χ1) is 13.3. The van der Waals surface area contributed by atoms with Gasteiger partial charge in [-0.2, -0.15) is 13.3 Å². The summed E-state index contributed by atoms with van der Waals surface area (Å²) in [5, 5.41) is 0. The average molecular weight is 411 g/mol. The monoisotopic (exact) mass is 410 g/mol. The van der Waals surface area contributed by atoms with Gasteiger partial charge in [0.15, 0.2) is 0 Å². The molecule has 28 heavy (non-hydrogen) atoms. The maximum Gasteiger partial charge on any atom is 0.319 e. The van der Waals surface area contributed by atoms with Crippen molar-refractivity contribution in [1.82, 2.24) is 0 Å². The van der Waals surface area contributed by atoms with E-state index in [-0.39, 0.29) is 0 Å². The Morgan fingerprint density at radius 2 is 1.93 bits per heavy atom. The Morgan fingerprint density at radius 1 is 1.14 bits per heavy atom. The van der Waals surface area contributed by atoms with Crippen molar-refractivity contribution in [3.8, 4) is 0 Å². The van der Waals surface area contributed by atoms with Gasteiger partial charge in [-0.25, -0.2) is 0 Å². The van der Waals surface area contributed by atoms with Gasteiger partial charge in [-0.15, -0.1) is 0 Å². The van der Waals surface area contributed by atoms with Gasteiger partial charge in [0.1, 0.15) is 5.76 Å². The second kappa shape index (κ2) is 9.14. The van der Waals surface area contributed by atoms with E-state index in [9.17, 15) is 8.42 Å². The highest BCUT2D eigenvalue weighted by Gasteiger charge is 2.36. The number of rotatable bonds is 8. The zero-order chi connectivity index (χ0) is 20.3. The minimum absolute atomic E-state index is 0.314. The molecule has 0 heterocycles. The fourth-order valence-corrected chi connectivity index (χ4v) is 5.92. The molecule has 0 amide bonds. The Morgan fingerprint density at radius 3 is 2.57 bits per heavy atom. The van der Waals surface area contributed by atoms with Crippen molar-refractivity contribution in [2.45, 2.75) is 85.4 Å². The number of ether oxygens (including phenoxy) is 1. The van der Waals surface area contributed by atoms with E-state index < -0.39 is 16.4 Å². The third-order valence-corrected chi connectivity index (χ3v) is 7.45. The Labute approximate surface area is 169 Å². The molecule has 0 aliphatic heterocycles. The SMILES string of the molecule is CCC1CC2=C(CCC(OC(C)OOS(=O)(=O)C3=CCCCC3)=C2)C1C(C)C. The van der Waals surface area contributed by atoms with E-state index in [1.54, 1.807) is 18.6 Å². The van der Waals surface area contributed by atoms with Crippen LogP contribution in [0.5, 0.6) is 0 Å². The van der Waals surface area contributed by atoms with Gasteiger partial charge in [0.05, 0.1) is 4.91 Å². The smallest absolute Gasteiger partial charge is 0.319 e. The maximum absolute atomic E-state index is 12.2. The molecule has 158 valence electrons. The lowest BCUT2D eigenvalue weighted by Gasteiger charge is -2.27. The highest BCUT2D eigenvalue weighted by Crippen LogP contribution is 2.48. The molecule has 0 aromatic heterocycles. The molecule has 0 saturated heterocycles. The fourth-order valence-electron chi connectivity index (χ4n) is 4.90. The minimum atomic E-state index is -3.83. The lowest BCUT2D eigenvalue weighted by Crippen LogP contribution is -2.20. The quantitative estimate of drug-likeness (QED) is 0.289. The van der Waals surface area contributed by atoms with Crippen LogP contribution in [0.4, 0.5) is 0 Å². The summed E-state index contributed by atoms with van der Waals surface area (Å²) in [5.41, 5.74) is 2.99. The molecule has 5 nitrogen and oxygen atoms in total. The Hall–Kier alpha value is -1.11. The molecule has 3 atom stereocenters. The van der Waals surface area contributed by atoms with Crippen molar-refractivity contribution in [2.24, 2.45) is 17.8 Å². The Balaban J connectivity index is 1.58. The summed E-state index contributed by atoms with van der Waals surface area (Å²) in [5.74, 6) is 2.89. The van der Waals surface area contributed by atoms with Crippen LogP contribution in [0.3, 0.4) is 0 Å². The molecule has 3 unspecified atom stereocenters. The van der Waals surface area contributed by atoms with E-state index in [2.05, 4.69) is 26.8 Å². The first-order valence-electron chi connectivity index (χ1n) is 10.7. The zero-order valence-electron chi connectivity index (χ0n) is 17.6. The molecule has 0 aromatic rings. The van der Waals surface area contributed by atoms with E-state index in [1.807, 2.05) is 0 Å². The molecule has 0 fully saturated rings. The third-order valence-electron chi connectivity index (χ3n) is 6.18. The molecule has 0 aromatic carbocycles. The van der Waals surface area contributed by atoms with Crippen molar-refractivity contribution < 1.29 is 22.4 Å². The van der Waals surface area contributed by atoms with Gasteiger partial charge in [0, 0.05) is 13.3 Å². The van der Waals surface area contributed by atoms with Crippen molar-refractivity contribution >= 4 is 10.1 Å². The van der Waals surface area contributed by atoms with Crippen molar-refractivity contribution in [2.75, 3.05) is 0 Å². The van der Waals surface area contributed by atoms with Crippen LogP contribution in [0.2, 0.25) is 0 Å². The molecule has 0 N–H and O–H groups in total. The van der Waals surface area contributed by atoms with E-state index in [4.69, 9.17) is 14.0 Å². The van der Waals surface area contributed by atoms with Crippen molar-refractivity contribution in [1.29, 1.82) is 0 Å².